The Morgan fingerprint density at radius 1 is 1.00 bits per heavy atom. The summed E-state index contributed by atoms with van der Waals surface area (Å²) in [5.74, 6) is -0.510. The van der Waals surface area contributed by atoms with E-state index in [2.05, 4.69) is 15.3 Å². The molecule has 1 aliphatic heterocycles. The van der Waals surface area contributed by atoms with Crippen molar-refractivity contribution in [3.05, 3.63) is 70.4 Å². The summed E-state index contributed by atoms with van der Waals surface area (Å²) in [6.07, 6.45) is 1.44. The van der Waals surface area contributed by atoms with Crippen LogP contribution in [0.3, 0.4) is 0 Å². The second kappa shape index (κ2) is 9.17. The van der Waals surface area contributed by atoms with E-state index in [9.17, 15) is 13.2 Å². The summed E-state index contributed by atoms with van der Waals surface area (Å²) in [7, 11) is -2.34. The van der Waals surface area contributed by atoms with E-state index in [1.54, 1.807) is 13.1 Å². The van der Waals surface area contributed by atoms with Gasteiger partial charge in [-0.3, -0.25) is 9.48 Å². The zero-order chi connectivity index (χ0) is 23.8. The van der Waals surface area contributed by atoms with Gasteiger partial charge in [-0.25, -0.2) is 8.42 Å². The first-order valence-corrected chi connectivity index (χ1v) is 12.4. The summed E-state index contributed by atoms with van der Waals surface area (Å²) in [5.41, 5.74) is 3.76. The minimum absolute atomic E-state index is 0.0239. The van der Waals surface area contributed by atoms with Crippen molar-refractivity contribution in [2.75, 3.05) is 36.4 Å². The molecule has 1 fully saturated rings. The number of aromatic nitrogens is 2. The number of piperazine rings is 1. The molecule has 2 heterocycles. The van der Waals surface area contributed by atoms with Gasteiger partial charge >= 0.3 is 0 Å². The van der Waals surface area contributed by atoms with E-state index in [1.165, 1.54) is 15.2 Å². The maximum absolute atomic E-state index is 13.4. The molecule has 33 heavy (non-hydrogen) atoms. The quantitative estimate of drug-likeness (QED) is 0.595. The van der Waals surface area contributed by atoms with E-state index in [0.29, 0.717) is 36.9 Å². The molecule has 1 aromatic heterocycles. The summed E-state index contributed by atoms with van der Waals surface area (Å²) in [4.78, 5) is 15.1. The number of aryl methyl sites for hydroxylation is 3. The van der Waals surface area contributed by atoms with Gasteiger partial charge in [-0.1, -0.05) is 17.7 Å². The lowest BCUT2D eigenvalue weighted by atomic mass is 10.1. The average Bonchev–Trinajstić information content (AvgIpc) is 3.20. The zero-order valence-corrected chi connectivity index (χ0v) is 20.3. The summed E-state index contributed by atoms with van der Waals surface area (Å²) >= 11 is 5.96. The summed E-state index contributed by atoms with van der Waals surface area (Å²) < 4.78 is 29.5. The lowest BCUT2D eigenvalue weighted by Gasteiger charge is -2.35. The van der Waals surface area contributed by atoms with Gasteiger partial charge in [0, 0.05) is 55.8 Å². The van der Waals surface area contributed by atoms with E-state index in [-0.39, 0.29) is 10.6 Å². The Balaban J connectivity index is 1.52. The number of nitrogens with one attached hydrogen (secondary N) is 1. The number of benzene rings is 2. The number of halogens is 1. The molecule has 1 saturated heterocycles. The molecule has 1 N–H and O–H groups in total. The Bertz CT molecular complexity index is 1280. The van der Waals surface area contributed by atoms with Crippen molar-refractivity contribution in [1.82, 2.24) is 14.1 Å². The molecule has 0 spiro atoms. The van der Waals surface area contributed by atoms with Crippen molar-refractivity contribution < 1.29 is 13.2 Å². The van der Waals surface area contributed by atoms with Crippen LogP contribution >= 0.6 is 11.6 Å². The number of carbonyl (C=O) groups excluding carboxylic acids is 1. The number of anilines is 2. The van der Waals surface area contributed by atoms with Gasteiger partial charge in [0.2, 0.25) is 5.03 Å². The first-order chi connectivity index (χ1) is 15.6. The molecule has 10 heteroatoms. The van der Waals surface area contributed by atoms with Gasteiger partial charge in [0.15, 0.2) is 0 Å². The van der Waals surface area contributed by atoms with Crippen LogP contribution in [0.25, 0.3) is 0 Å². The van der Waals surface area contributed by atoms with Crippen LogP contribution in [0.2, 0.25) is 5.02 Å². The lowest BCUT2D eigenvalue weighted by molar-refractivity contribution is 0.102. The Morgan fingerprint density at radius 3 is 2.30 bits per heavy atom. The highest BCUT2D eigenvalue weighted by Gasteiger charge is 2.34. The minimum atomic E-state index is -3.94. The van der Waals surface area contributed by atoms with E-state index in [4.69, 9.17) is 11.6 Å². The monoisotopic (exact) mass is 487 g/mol. The van der Waals surface area contributed by atoms with Crippen LogP contribution < -0.4 is 10.2 Å². The number of rotatable bonds is 5. The number of sulfonamides is 1. The standard InChI is InChI=1S/C23H26ClN5O3S/c1-16-4-7-19(14-17(16)2)25-22(30)21-15-27(3)26-23(21)33(31,32)29-12-10-28(11-13-29)20-8-5-18(24)6-9-20/h4-9,14-15H,10-13H2,1-3H3,(H,25,30). The highest BCUT2D eigenvalue weighted by atomic mass is 35.5. The Kier molecular flexibility index (Phi) is 6.47. The van der Waals surface area contributed by atoms with Crippen molar-refractivity contribution in [3.8, 4) is 0 Å². The van der Waals surface area contributed by atoms with E-state index >= 15 is 0 Å². The first kappa shape index (κ1) is 23.3. The number of nitrogens with zero attached hydrogens (tertiary/aromatic N) is 4. The molecular weight excluding hydrogens is 462 g/mol. The van der Waals surface area contributed by atoms with Crippen LogP contribution in [0.4, 0.5) is 11.4 Å². The van der Waals surface area contributed by atoms with Gasteiger partial charge in [-0.05, 0) is 61.4 Å². The summed E-state index contributed by atoms with van der Waals surface area (Å²) in [5, 5.41) is 7.35. The zero-order valence-electron chi connectivity index (χ0n) is 18.7. The van der Waals surface area contributed by atoms with Crippen LogP contribution in [0.5, 0.6) is 0 Å². The Hall–Kier alpha value is -2.88. The van der Waals surface area contributed by atoms with Gasteiger partial charge < -0.3 is 10.2 Å². The van der Waals surface area contributed by atoms with E-state index in [0.717, 1.165) is 16.8 Å². The fourth-order valence-electron chi connectivity index (χ4n) is 3.79. The van der Waals surface area contributed by atoms with Crippen LogP contribution in [0.1, 0.15) is 21.5 Å². The fourth-order valence-corrected chi connectivity index (χ4v) is 5.46. The highest BCUT2D eigenvalue weighted by molar-refractivity contribution is 7.89. The third-order valence-corrected chi connectivity index (χ3v) is 7.91. The summed E-state index contributed by atoms with van der Waals surface area (Å²) in [6.45, 7) is 5.57. The number of carbonyl (C=O) groups is 1. The molecule has 0 atom stereocenters. The average molecular weight is 488 g/mol. The number of hydrogen-bond donors (Lipinski definition) is 1. The molecule has 4 rings (SSSR count). The minimum Gasteiger partial charge on any atom is -0.369 e. The summed E-state index contributed by atoms with van der Waals surface area (Å²) in [6, 6.07) is 13.0. The smallest absolute Gasteiger partial charge is 0.263 e. The second-order valence-corrected chi connectivity index (χ2v) is 10.4. The van der Waals surface area contributed by atoms with Gasteiger partial charge in [0.25, 0.3) is 15.9 Å². The maximum atomic E-state index is 13.4. The second-order valence-electron chi connectivity index (χ2n) is 8.14. The molecule has 1 aliphatic rings. The van der Waals surface area contributed by atoms with Gasteiger partial charge in [-0.2, -0.15) is 9.40 Å². The van der Waals surface area contributed by atoms with Crippen LogP contribution in [-0.2, 0) is 17.1 Å². The van der Waals surface area contributed by atoms with E-state index < -0.39 is 15.9 Å². The fraction of sp³-hybridized carbons (Fsp3) is 0.304. The lowest BCUT2D eigenvalue weighted by Crippen LogP contribution is -2.49. The Labute approximate surface area is 198 Å². The molecule has 0 bridgehead atoms. The van der Waals surface area contributed by atoms with Gasteiger partial charge in [0.1, 0.15) is 0 Å². The SMILES string of the molecule is Cc1ccc(NC(=O)c2cn(C)nc2S(=O)(=O)N2CCN(c3ccc(Cl)cc3)CC2)cc1C. The molecule has 0 radical (unpaired) electrons. The molecule has 8 nitrogen and oxygen atoms in total. The van der Waals surface area contributed by atoms with Crippen molar-refractivity contribution >= 4 is 38.9 Å². The molecule has 0 unspecified atom stereocenters. The molecule has 1 amide bonds. The highest BCUT2D eigenvalue weighted by Crippen LogP contribution is 2.24. The van der Waals surface area contributed by atoms with E-state index in [1.807, 2.05) is 50.2 Å². The number of hydrogen-bond acceptors (Lipinski definition) is 5. The molecular formula is C23H26ClN5O3S. The normalized spacial score (nSPS) is 15.0. The van der Waals surface area contributed by atoms with Crippen molar-refractivity contribution in [2.24, 2.45) is 7.05 Å². The number of amides is 1. The molecule has 174 valence electrons. The van der Waals surface area contributed by atoms with Crippen LogP contribution in [0.15, 0.2) is 53.7 Å². The largest absolute Gasteiger partial charge is 0.369 e. The molecule has 2 aromatic carbocycles. The third kappa shape index (κ3) is 4.90. The van der Waals surface area contributed by atoms with Crippen molar-refractivity contribution in [1.29, 1.82) is 0 Å². The van der Waals surface area contributed by atoms with Crippen molar-refractivity contribution in [3.63, 3.8) is 0 Å². The van der Waals surface area contributed by atoms with Crippen molar-refractivity contribution in [2.45, 2.75) is 18.9 Å². The van der Waals surface area contributed by atoms with Crippen LogP contribution in [0, 0.1) is 13.8 Å². The maximum Gasteiger partial charge on any atom is 0.263 e. The Morgan fingerprint density at radius 2 is 1.67 bits per heavy atom. The molecule has 0 saturated carbocycles. The third-order valence-electron chi connectivity index (χ3n) is 5.82. The van der Waals surface area contributed by atoms with Crippen LogP contribution in [-0.4, -0.2) is 54.6 Å². The van der Waals surface area contributed by atoms with Gasteiger partial charge in [-0.15, -0.1) is 0 Å². The molecule has 0 aliphatic carbocycles. The van der Waals surface area contributed by atoms with Gasteiger partial charge in [0.05, 0.1) is 5.56 Å². The topological polar surface area (TPSA) is 87.5 Å². The predicted molar refractivity (Wildman–Crippen MR) is 130 cm³/mol. The first-order valence-electron chi connectivity index (χ1n) is 10.6. The molecule has 3 aromatic rings. The predicted octanol–water partition coefficient (Wildman–Crippen LogP) is 3.45.